The van der Waals surface area contributed by atoms with E-state index in [9.17, 15) is 0 Å². The maximum atomic E-state index is 5.27. The van der Waals surface area contributed by atoms with Crippen LogP contribution in [0.15, 0.2) is 170 Å². The van der Waals surface area contributed by atoms with E-state index in [1.807, 2.05) is 24.3 Å². The molecule has 4 heteroatoms. The molecule has 0 aliphatic rings. The number of para-hydroxylation sites is 1. The van der Waals surface area contributed by atoms with Gasteiger partial charge < -0.3 is 0 Å². The minimum atomic E-state index is 0.872. The highest BCUT2D eigenvalue weighted by Gasteiger charge is 2.15. The van der Waals surface area contributed by atoms with Crippen LogP contribution in [0.25, 0.3) is 99.3 Å². The molecule has 4 heterocycles. The van der Waals surface area contributed by atoms with Crippen LogP contribution in [0.5, 0.6) is 0 Å². The van der Waals surface area contributed by atoms with Crippen LogP contribution in [0.3, 0.4) is 0 Å². The van der Waals surface area contributed by atoms with Gasteiger partial charge in [-0.05, 0) is 76.0 Å². The van der Waals surface area contributed by atoms with Gasteiger partial charge in [-0.25, -0.2) is 15.0 Å². The lowest BCUT2D eigenvalue weighted by Crippen LogP contribution is -1.93. The summed E-state index contributed by atoms with van der Waals surface area (Å²) in [7, 11) is 0. The Labute approximate surface area is 288 Å². The van der Waals surface area contributed by atoms with Gasteiger partial charge in [0.15, 0.2) is 0 Å². The van der Waals surface area contributed by atoms with Gasteiger partial charge in [0.25, 0.3) is 0 Å². The van der Waals surface area contributed by atoms with Gasteiger partial charge in [0.2, 0.25) is 0 Å². The van der Waals surface area contributed by atoms with E-state index in [0.717, 1.165) is 82.8 Å². The van der Waals surface area contributed by atoms with Crippen molar-refractivity contribution in [2.75, 3.05) is 0 Å². The zero-order chi connectivity index (χ0) is 33.0. The minimum absolute atomic E-state index is 0.872. The van der Waals surface area contributed by atoms with Gasteiger partial charge in [-0.15, -0.1) is 0 Å². The molecular formula is C46H28N4. The van der Waals surface area contributed by atoms with Crippen molar-refractivity contribution in [2.45, 2.75) is 0 Å². The molecule has 0 aliphatic carbocycles. The lowest BCUT2D eigenvalue weighted by Gasteiger charge is -2.13. The first-order valence-electron chi connectivity index (χ1n) is 16.8. The summed E-state index contributed by atoms with van der Waals surface area (Å²) < 4.78 is 0. The zero-order valence-electron chi connectivity index (χ0n) is 27.0. The fraction of sp³-hybridized carbons (Fsp3) is 0. The fourth-order valence-electron chi connectivity index (χ4n) is 7.15. The molecule has 0 spiro atoms. The van der Waals surface area contributed by atoms with E-state index >= 15 is 0 Å². The van der Waals surface area contributed by atoms with Crippen LogP contribution in [0.2, 0.25) is 0 Å². The first-order valence-corrected chi connectivity index (χ1v) is 16.8. The predicted molar refractivity (Wildman–Crippen MR) is 207 cm³/mol. The van der Waals surface area contributed by atoms with E-state index in [0.29, 0.717) is 0 Å². The first-order chi connectivity index (χ1) is 24.7. The molecule has 0 amide bonds. The Morgan fingerprint density at radius 1 is 0.320 bits per heavy atom. The number of hydrogen-bond acceptors (Lipinski definition) is 4. The maximum absolute atomic E-state index is 5.27. The molecule has 10 rings (SSSR count). The lowest BCUT2D eigenvalue weighted by atomic mass is 9.95. The number of fused-ring (bicyclic) bond motifs is 6. The molecule has 6 aromatic carbocycles. The van der Waals surface area contributed by atoms with Gasteiger partial charge in [0.05, 0.1) is 39.1 Å². The molecule has 0 atom stereocenters. The highest BCUT2D eigenvalue weighted by molar-refractivity contribution is 6.16. The van der Waals surface area contributed by atoms with Crippen molar-refractivity contribution < 1.29 is 0 Å². The van der Waals surface area contributed by atoms with Crippen molar-refractivity contribution >= 4 is 54.4 Å². The van der Waals surface area contributed by atoms with Crippen molar-refractivity contribution in [1.29, 1.82) is 0 Å². The van der Waals surface area contributed by atoms with Crippen LogP contribution in [0.1, 0.15) is 0 Å². The molecule has 0 fully saturated rings. The zero-order valence-corrected chi connectivity index (χ0v) is 27.0. The summed E-state index contributed by atoms with van der Waals surface area (Å²) in [5.41, 5.74) is 12.2. The monoisotopic (exact) mass is 636 g/mol. The second-order valence-electron chi connectivity index (χ2n) is 12.7. The molecule has 10 aromatic rings. The summed E-state index contributed by atoms with van der Waals surface area (Å²) in [5.74, 6) is 0. The third-order valence-corrected chi connectivity index (χ3v) is 9.66. The average Bonchev–Trinajstić information content (AvgIpc) is 3.19. The summed E-state index contributed by atoms with van der Waals surface area (Å²) >= 11 is 0. The third kappa shape index (κ3) is 4.77. The molecule has 4 nitrogen and oxygen atoms in total. The number of benzene rings is 6. The Hall–Kier alpha value is -6.78. The fourth-order valence-corrected chi connectivity index (χ4v) is 7.15. The molecule has 4 aromatic heterocycles. The Balaban J connectivity index is 1.05. The Morgan fingerprint density at radius 3 is 1.86 bits per heavy atom. The number of pyridine rings is 4. The van der Waals surface area contributed by atoms with Crippen molar-refractivity contribution in [3.8, 4) is 44.9 Å². The smallest absolute Gasteiger partial charge is 0.0978 e. The molecule has 232 valence electrons. The number of aromatic nitrogens is 4. The van der Waals surface area contributed by atoms with Crippen LogP contribution in [-0.4, -0.2) is 19.9 Å². The summed E-state index contributed by atoms with van der Waals surface area (Å²) in [6.45, 7) is 0. The number of hydrogen-bond donors (Lipinski definition) is 0. The molecule has 0 saturated carbocycles. The van der Waals surface area contributed by atoms with E-state index in [4.69, 9.17) is 15.0 Å². The van der Waals surface area contributed by atoms with E-state index < -0.39 is 0 Å². The van der Waals surface area contributed by atoms with Crippen LogP contribution >= 0.6 is 0 Å². The summed E-state index contributed by atoms with van der Waals surface area (Å²) in [5, 5.41) is 6.77. The van der Waals surface area contributed by atoms with Crippen molar-refractivity contribution in [2.24, 2.45) is 0 Å². The van der Waals surface area contributed by atoms with Crippen LogP contribution in [0, 0.1) is 0 Å². The van der Waals surface area contributed by atoms with Gasteiger partial charge >= 0.3 is 0 Å². The van der Waals surface area contributed by atoms with Gasteiger partial charge in [0, 0.05) is 38.9 Å². The third-order valence-electron chi connectivity index (χ3n) is 9.66. The van der Waals surface area contributed by atoms with Crippen molar-refractivity contribution in [3.05, 3.63) is 170 Å². The summed E-state index contributed by atoms with van der Waals surface area (Å²) in [6, 6.07) is 57.4. The predicted octanol–water partition coefficient (Wildman–Crippen LogP) is 11.7. The number of nitrogens with zero attached hydrogens (tertiary/aromatic N) is 4. The van der Waals surface area contributed by atoms with Gasteiger partial charge in [-0.1, -0.05) is 115 Å². The van der Waals surface area contributed by atoms with Gasteiger partial charge in [-0.2, -0.15) is 0 Å². The Kier molecular flexibility index (Phi) is 6.46. The lowest BCUT2D eigenvalue weighted by molar-refractivity contribution is 1.28. The number of rotatable bonds is 4. The van der Waals surface area contributed by atoms with Crippen LogP contribution in [-0.2, 0) is 0 Å². The maximum Gasteiger partial charge on any atom is 0.0978 e. The molecule has 0 aliphatic heterocycles. The van der Waals surface area contributed by atoms with E-state index in [-0.39, 0.29) is 0 Å². The largest absolute Gasteiger partial charge is 0.255 e. The van der Waals surface area contributed by atoms with E-state index in [1.54, 1.807) is 6.20 Å². The summed E-state index contributed by atoms with van der Waals surface area (Å²) in [4.78, 5) is 19.9. The highest BCUT2D eigenvalue weighted by Crippen LogP contribution is 2.38. The summed E-state index contributed by atoms with van der Waals surface area (Å²) in [6.07, 6.45) is 1.80. The van der Waals surface area contributed by atoms with Crippen LogP contribution in [0.4, 0.5) is 0 Å². The molecule has 0 saturated heterocycles. The quantitative estimate of drug-likeness (QED) is 0.142. The Bertz CT molecular complexity index is 2920. The minimum Gasteiger partial charge on any atom is -0.255 e. The molecule has 0 radical (unpaired) electrons. The molecule has 0 unspecified atom stereocenters. The van der Waals surface area contributed by atoms with Crippen molar-refractivity contribution in [1.82, 2.24) is 19.9 Å². The highest BCUT2D eigenvalue weighted by atomic mass is 14.8. The van der Waals surface area contributed by atoms with Gasteiger partial charge in [0.1, 0.15) is 0 Å². The molecule has 0 N–H and O–H groups in total. The normalized spacial score (nSPS) is 11.6. The SMILES string of the molecule is c1ccc(-c2c3ccccc3nc3c2ccc2ccc(-c4ccc5cc(-c6ccc7ccc(-c8ccccn8)nc7c6)ccc5c4)nc23)cc1. The van der Waals surface area contributed by atoms with Crippen LogP contribution < -0.4 is 0 Å². The standard InChI is InChI=1S/C46H28N4/c1-2-8-30(9-3-1)44-37-10-4-5-11-40(37)50-46-38(44)22-19-31-21-23-39(49-45(31)46)36-18-17-32-26-33(15-16-34(32)27-36)35-14-13-29-20-24-42(48-43(29)28-35)41-12-6-7-25-47-41/h1-28H. The average molecular weight is 637 g/mol. The molecular weight excluding hydrogens is 609 g/mol. The second kappa shape index (κ2) is 11.4. The van der Waals surface area contributed by atoms with E-state index in [2.05, 4.69) is 145 Å². The topological polar surface area (TPSA) is 51.6 Å². The Morgan fingerprint density at radius 2 is 1.00 bits per heavy atom. The molecule has 50 heavy (non-hydrogen) atoms. The molecule has 0 bridgehead atoms. The van der Waals surface area contributed by atoms with E-state index in [1.165, 1.54) is 16.5 Å². The second-order valence-corrected chi connectivity index (χ2v) is 12.7. The van der Waals surface area contributed by atoms with Gasteiger partial charge in [-0.3, -0.25) is 4.98 Å². The first kappa shape index (κ1) is 28.3. The van der Waals surface area contributed by atoms with Crippen molar-refractivity contribution in [3.63, 3.8) is 0 Å².